The summed E-state index contributed by atoms with van der Waals surface area (Å²) in [7, 11) is 0. The Morgan fingerprint density at radius 3 is 2.41 bits per heavy atom. The van der Waals surface area contributed by atoms with Gasteiger partial charge in [-0.1, -0.05) is 6.92 Å². The Kier molecular flexibility index (Phi) is 8.17. The van der Waals surface area contributed by atoms with Crippen molar-refractivity contribution in [2.75, 3.05) is 10.2 Å². The zero-order chi connectivity index (χ0) is 26.7. The minimum absolute atomic E-state index is 0.0191. The normalized spacial score (nSPS) is 17.5. The van der Waals surface area contributed by atoms with Gasteiger partial charge in [0.25, 0.3) is 5.91 Å². The second-order valence-corrected chi connectivity index (χ2v) is 11.2. The first-order valence-corrected chi connectivity index (χ1v) is 13.5. The molecule has 0 aliphatic heterocycles. The highest BCUT2D eigenvalue weighted by molar-refractivity contribution is 7.17. The van der Waals surface area contributed by atoms with Crippen LogP contribution in [0.15, 0.2) is 42.6 Å². The number of aldehydes is 1. The quantitative estimate of drug-likeness (QED) is 0.343. The molecule has 8 heteroatoms. The zero-order valence-corrected chi connectivity index (χ0v) is 22.4. The summed E-state index contributed by atoms with van der Waals surface area (Å²) in [6.45, 7) is 8.01. The van der Waals surface area contributed by atoms with Crippen molar-refractivity contribution in [3.63, 3.8) is 0 Å². The Labute approximate surface area is 220 Å². The number of aromatic nitrogens is 1. The summed E-state index contributed by atoms with van der Waals surface area (Å²) in [6.07, 6.45) is 6.31. The van der Waals surface area contributed by atoms with E-state index in [1.165, 1.54) is 35.6 Å². The maximum absolute atomic E-state index is 13.5. The van der Waals surface area contributed by atoms with Crippen molar-refractivity contribution < 1.29 is 18.8 Å². The van der Waals surface area contributed by atoms with Crippen LogP contribution in [0.2, 0.25) is 0 Å². The van der Waals surface area contributed by atoms with Gasteiger partial charge < -0.3 is 10.2 Å². The molecular weight excluding hydrogens is 489 g/mol. The van der Waals surface area contributed by atoms with E-state index in [4.69, 9.17) is 0 Å². The van der Waals surface area contributed by atoms with Gasteiger partial charge in [0, 0.05) is 34.2 Å². The molecule has 1 aliphatic carbocycles. The molecule has 2 heterocycles. The third-order valence-electron chi connectivity index (χ3n) is 6.93. The number of rotatable bonds is 7. The van der Waals surface area contributed by atoms with Gasteiger partial charge in [-0.25, -0.2) is 9.37 Å². The molecule has 2 amide bonds. The molecule has 1 aliphatic rings. The lowest BCUT2D eigenvalue weighted by Gasteiger charge is -2.33. The molecule has 37 heavy (non-hydrogen) atoms. The number of amides is 2. The van der Waals surface area contributed by atoms with Crippen LogP contribution in [0.25, 0.3) is 10.4 Å². The summed E-state index contributed by atoms with van der Waals surface area (Å²) in [4.78, 5) is 45.6. The van der Waals surface area contributed by atoms with E-state index in [0.717, 1.165) is 48.0 Å². The second-order valence-electron chi connectivity index (χ2n) is 10.1. The SMILES string of the molecule is Cc1cc(-c2cc(N(C(=O)C3CCC(C)CC3)C(C)C)c(C=O)s2)cnc1NC(=O)c1ccc(F)cc1. The van der Waals surface area contributed by atoms with Crippen LogP contribution < -0.4 is 10.2 Å². The molecular formula is C29H32FN3O3S. The first-order valence-electron chi connectivity index (χ1n) is 12.6. The van der Waals surface area contributed by atoms with Crippen molar-refractivity contribution >= 4 is 40.9 Å². The highest BCUT2D eigenvalue weighted by atomic mass is 32.1. The number of aryl methyl sites for hydroxylation is 1. The van der Waals surface area contributed by atoms with Crippen molar-refractivity contribution in [1.82, 2.24) is 4.98 Å². The molecule has 194 valence electrons. The fraction of sp³-hybridized carbons (Fsp3) is 0.379. The van der Waals surface area contributed by atoms with E-state index in [-0.39, 0.29) is 23.8 Å². The number of anilines is 2. The Morgan fingerprint density at radius 2 is 1.81 bits per heavy atom. The molecule has 0 atom stereocenters. The van der Waals surface area contributed by atoms with Crippen LogP contribution in [0.3, 0.4) is 0 Å². The third-order valence-corrected chi connectivity index (χ3v) is 8.03. The summed E-state index contributed by atoms with van der Waals surface area (Å²) in [6, 6.07) is 8.99. The van der Waals surface area contributed by atoms with Crippen molar-refractivity contribution in [2.45, 2.75) is 59.4 Å². The third kappa shape index (κ3) is 5.96. The van der Waals surface area contributed by atoms with Crippen LogP contribution >= 0.6 is 11.3 Å². The maximum Gasteiger partial charge on any atom is 0.256 e. The lowest BCUT2D eigenvalue weighted by Crippen LogP contribution is -2.42. The van der Waals surface area contributed by atoms with Gasteiger partial charge in [0.2, 0.25) is 5.91 Å². The Morgan fingerprint density at radius 1 is 1.14 bits per heavy atom. The van der Waals surface area contributed by atoms with E-state index in [0.29, 0.717) is 27.9 Å². The van der Waals surface area contributed by atoms with Crippen LogP contribution in [0.1, 0.15) is 72.0 Å². The number of carbonyl (C=O) groups is 3. The van der Waals surface area contributed by atoms with Crippen LogP contribution in [-0.2, 0) is 4.79 Å². The smallest absolute Gasteiger partial charge is 0.256 e. The van der Waals surface area contributed by atoms with Gasteiger partial charge in [0.1, 0.15) is 11.6 Å². The first kappa shape index (κ1) is 26.7. The number of thiophene rings is 1. The van der Waals surface area contributed by atoms with Crippen molar-refractivity contribution in [1.29, 1.82) is 0 Å². The second kappa shape index (κ2) is 11.3. The summed E-state index contributed by atoms with van der Waals surface area (Å²) < 4.78 is 13.2. The molecule has 1 N–H and O–H groups in total. The highest BCUT2D eigenvalue weighted by Gasteiger charge is 2.32. The van der Waals surface area contributed by atoms with E-state index >= 15 is 0 Å². The van der Waals surface area contributed by atoms with Gasteiger partial charge in [-0.15, -0.1) is 11.3 Å². The zero-order valence-electron chi connectivity index (χ0n) is 21.6. The summed E-state index contributed by atoms with van der Waals surface area (Å²) in [5, 5.41) is 2.76. The molecule has 0 bridgehead atoms. The molecule has 3 aromatic rings. The van der Waals surface area contributed by atoms with Crippen LogP contribution in [0.4, 0.5) is 15.9 Å². The summed E-state index contributed by atoms with van der Waals surface area (Å²) in [5.74, 6) is 0.321. The number of halogens is 1. The minimum atomic E-state index is -0.411. The molecule has 1 aromatic carbocycles. The average molecular weight is 522 g/mol. The summed E-state index contributed by atoms with van der Waals surface area (Å²) >= 11 is 1.32. The van der Waals surface area contributed by atoms with E-state index in [1.54, 1.807) is 11.1 Å². The fourth-order valence-corrected chi connectivity index (χ4v) is 5.73. The largest absolute Gasteiger partial charge is 0.308 e. The van der Waals surface area contributed by atoms with Crippen molar-refractivity contribution in [3.8, 4) is 10.4 Å². The Hall–Kier alpha value is -3.39. The van der Waals surface area contributed by atoms with Gasteiger partial charge in [0.05, 0.1) is 10.6 Å². The Bertz CT molecular complexity index is 1290. The molecule has 1 fully saturated rings. The Balaban J connectivity index is 1.58. The van der Waals surface area contributed by atoms with Crippen molar-refractivity contribution in [3.05, 3.63) is 64.4 Å². The molecule has 0 spiro atoms. The number of nitrogens with zero attached hydrogens (tertiary/aromatic N) is 2. The number of nitrogens with one attached hydrogen (secondary N) is 1. The first-order chi connectivity index (χ1) is 17.7. The van der Waals surface area contributed by atoms with Gasteiger partial charge in [0.15, 0.2) is 6.29 Å². The van der Waals surface area contributed by atoms with Crippen LogP contribution in [-0.4, -0.2) is 29.1 Å². The van der Waals surface area contributed by atoms with Gasteiger partial charge in [-0.05, 0) is 94.3 Å². The molecule has 1 saturated carbocycles. The van der Waals surface area contributed by atoms with Crippen LogP contribution in [0, 0.1) is 24.6 Å². The monoisotopic (exact) mass is 521 g/mol. The molecule has 4 rings (SSSR count). The van der Waals surface area contributed by atoms with E-state index < -0.39 is 5.82 Å². The molecule has 0 saturated heterocycles. The maximum atomic E-state index is 13.5. The molecule has 0 radical (unpaired) electrons. The van der Waals surface area contributed by atoms with Crippen LogP contribution in [0.5, 0.6) is 0 Å². The lowest BCUT2D eigenvalue weighted by atomic mass is 9.82. The summed E-state index contributed by atoms with van der Waals surface area (Å²) in [5.41, 5.74) is 2.50. The van der Waals surface area contributed by atoms with Gasteiger partial charge in [-0.3, -0.25) is 14.4 Å². The molecule has 6 nitrogen and oxygen atoms in total. The number of carbonyl (C=O) groups excluding carboxylic acids is 3. The highest BCUT2D eigenvalue weighted by Crippen LogP contribution is 2.39. The van der Waals surface area contributed by atoms with E-state index in [9.17, 15) is 18.8 Å². The van der Waals surface area contributed by atoms with E-state index in [2.05, 4.69) is 17.2 Å². The minimum Gasteiger partial charge on any atom is -0.308 e. The average Bonchev–Trinajstić information content (AvgIpc) is 3.29. The number of pyridine rings is 1. The topological polar surface area (TPSA) is 79.4 Å². The standard InChI is InChI=1S/C29H32FN3O3S/c1-17(2)33(29(36)21-7-5-18(3)6-8-21)24-14-25(37-26(24)16-34)22-13-19(4)27(31-15-22)32-28(35)20-9-11-23(30)12-10-20/h9-18,21H,5-8H2,1-4H3,(H,31,32,35). The predicted molar refractivity (Wildman–Crippen MR) is 146 cm³/mol. The molecule has 2 aromatic heterocycles. The fourth-order valence-electron chi connectivity index (χ4n) is 4.79. The number of hydrogen-bond acceptors (Lipinski definition) is 5. The van der Waals surface area contributed by atoms with Gasteiger partial charge >= 0.3 is 0 Å². The van der Waals surface area contributed by atoms with E-state index in [1.807, 2.05) is 32.9 Å². The number of benzene rings is 1. The van der Waals surface area contributed by atoms with Gasteiger partial charge in [-0.2, -0.15) is 0 Å². The number of hydrogen-bond donors (Lipinski definition) is 1. The molecule has 0 unspecified atom stereocenters. The lowest BCUT2D eigenvalue weighted by molar-refractivity contribution is -0.123. The van der Waals surface area contributed by atoms with Crippen molar-refractivity contribution in [2.24, 2.45) is 11.8 Å². The predicted octanol–water partition coefficient (Wildman–Crippen LogP) is 6.89.